The SMILES string of the molecule is CC(C)n1cc(C(=O)c2cccc(NC(=O)NCc3ccccc3)c2Cl)c2c(N)ncnc21. The lowest BCUT2D eigenvalue weighted by Gasteiger charge is -2.11. The van der Waals surface area contributed by atoms with Crippen molar-refractivity contribution in [1.29, 1.82) is 0 Å². The summed E-state index contributed by atoms with van der Waals surface area (Å²) >= 11 is 6.54. The van der Waals surface area contributed by atoms with Gasteiger partial charge in [-0.1, -0.05) is 48.0 Å². The number of rotatable bonds is 6. The molecule has 2 aromatic carbocycles. The fourth-order valence-corrected chi connectivity index (χ4v) is 3.83. The number of hydrogen-bond donors (Lipinski definition) is 3. The highest BCUT2D eigenvalue weighted by Gasteiger charge is 2.24. The first-order valence-electron chi connectivity index (χ1n) is 10.4. The van der Waals surface area contributed by atoms with Crippen molar-refractivity contribution in [3.05, 3.63) is 82.8 Å². The Morgan fingerprint density at radius 1 is 1.06 bits per heavy atom. The number of nitrogens with two attached hydrogens (primary N) is 1. The summed E-state index contributed by atoms with van der Waals surface area (Å²) in [6.07, 6.45) is 3.09. The van der Waals surface area contributed by atoms with Crippen LogP contribution in [-0.2, 0) is 6.54 Å². The van der Waals surface area contributed by atoms with Crippen LogP contribution >= 0.6 is 11.6 Å². The minimum absolute atomic E-state index is 0.0557. The number of aromatic nitrogens is 3. The molecule has 2 amide bonds. The maximum absolute atomic E-state index is 13.5. The van der Waals surface area contributed by atoms with E-state index >= 15 is 0 Å². The van der Waals surface area contributed by atoms with Crippen LogP contribution in [0.2, 0.25) is 5.02 Å². The van der Waals surface area contributed by atoms with E-state index in [1.54, 1.807) is 24.4 Å². The Balaban J connectivity index is 1.61. The first-order chi connectivity index (χ1) is 15.9. The first kappa shape index (κ1) is 22.3. The molecule has 0 radical (unpaired) electrons. The molecule has 0 unspecified atom stereocenters. The molecule has 0 fully saturated rings. The van der Waals surface area contributed by atoms with Crippen LogP contribution in [0.1, 0.15) is 41.4 Å². The van der Waals surface area contributed by atoms with Crippen LogP contribution in [-0.4, -0.2) is 26.3 Å². The second kappa shape index (κ2) is 9.30. The zero-order valence-electron chi connectivity index (χ0n) is 18.2. The van der Waals surface area contributed by atoms with Crippen molar-refractivity contribution in [1.82, 2.24) is 19.9 Å². The number of nitrogen functional groups attached to an aromatic ring is 1. The number of benzene rings is 2. The van der Waals surface area contributed by atoms with E-state index in [1.807, 2.05) is 48.7 Å². The molecule has 0 spiro atoms. The van der Waals surface area contributed by atoms with Gasteiger partial charge in [0.1, 0.15) is 17.8 Å². The van der Waals surface area contributed by atoms with Gasteiger partial charge in [-0.3, -0.25) is 4.79 Å². The number of halogens is 1. The molecule has 9 heteroatoms. The summed E-state index contributed by atoms with van der Waals surface area (Å²) in [6.45, 7) is 4.33. The number of carbonyl (C=O) groups excluding carboxylic acids is 2. The third-order valence-corrected chi connectivity index (χ3v) is 5.63. The number of nitrogens with zero attached hydrogens (tertiary/aromatic N) is 3. The van der Waals surface area contributed by atoms with E-state index in [-0.39, 0.29) is 28.2 Å². The van der Waals surface area contributed by atoms with Crippen LogP contribution in [0, 0.1) is 0 Å². The number of ketones is 1. The Bertz CT molecular complexity index is 1330. The Kier molecular flexibility index (Phi) is 6.28. The molecule has 33 heavy (non-hydrogen) atoms. The highest BCUT2D eigenvalue weighted by Crippen LogP contribution is 2.32. The Morgan fingerprint density at radius 3 is 2.55 bits per heavy atom. The summed E-state index contributed by atoms with van der Waals surface area (Å²) < 4.78 is 1.87. The molecule has 0 atom stereocenters. The fourth-order valence-electron chi connectivity index (χ4n) is 3.57. The molecule has 4 N–H and O–H groups in total. The number of carbonyl (C=O) groups is 2. The molecule has 0 aliphatic carbocycles. The highest BCUT2D eigenvalue weighted by atomic mass is 35.5. The highest BCUT2D eigenvalue weighted by molar-refractivity contribution is 6.38. The zero-order chi connectivity index (χ0) is 23.5. The van der Waals surface area contributed by atoms with E-state index in [0.29, 0.717) is 28.8 Å². The summed E-state index contributed by atoms with van der Waals surface area (Å²) in [5.41, 5.74) is 8.54. The predicted molar refractivity (Wildman–Crippen MR) is 130 cm³/mol. The molecule has 0 saturated carbocycles. The van der Waals surface area contributed by atoms with Crippen LogP contribution in [0.15, 0.2) is 61.1 Å². The molecular formula is C24H23ClN6O2. The van der Waals surface area contributed by atoms with E-state index in [0.717, 1.165) is 5.56 Å². The number of urea groups is 1. The van der Waals surface area contributed by atoms with Gasteiger partial charge in [0.05, 0.1) is 21.7 Å². The lowest BCUT2D eigenvalue weighted by molar-refractivity contribution is 0.104. The summed E-state index contributed by atoms with van der Waals surface area (Å²) in [7, 11) is 0. The average Bonchev–Trinajstić information content (AvgIpc) is 3.21. The predicted octanol–water partition coefficient (Wildman–Crippen LogP) is 4.80. The van der Waals surface area contributed by atoms with Gasteiger partial charge in [-0.25, -0.2) is 14.8 Å². The zero-order valence-corrected chi connectivity index (χ0v) is 18.9. The van der Waals surface area contributed by atoms with Gasteiger partial charge in [-0.05, 0) is 31.5 Å². The third-order valence-electron chi connectivity index (χ3n) is 5.23. The summed E-state index contributed by atoms with van der Waals surface area (Å²) in [5, 5.41) is 6.10. The lowest BCUT2D eigenvalue weighted by atomic mass is 10.0. The Labute approximate surface area is 195 Å². The molecule has 0 aliphatic rings. The van der Waals surface area contributed by atoms with Gasteiger partial charge in [-0.2, -0.15) is 0 Å². The summed E-state index contributed by atoms with van der Waals surface area (Å²) in [5.74, 6) is -0.118. The Hall–Kier alpha value is -3.91. The summed E-state index contributed by atoms with van der Waals surface area (Å²) in [6, 6.07) is 14.1. The largest absolute Gasteiger partial charge is 0.383 e. The standard InChI is InChI=1S/C24H23ClN6O2/c1-14(2)31-12-17(19-22(26)28-13-29-23(19)31)21(32)16-9-6-10-18(20(16)25)30-24(33)27-11-15-7-4-3-5-8-15/h3-10,12-14H,11H2,1-2H3,(H2,26,28,29)(H2,27,30,33). The first-order valence-corrected chi connectivity index (χ1v) is 10.8. The van der Waals surface area contributed by atoms with Crippen molar-refractivity contribution in [2.24, 2.45) is 0 Å². The molecule has 0 bridgehead atoms. The second-order valence-electron chi connectivity index (χ2n) is 7.79. The van der Waals surface area contributed by atoms with Gasteiger partial charge in [0.2, 0.25) is 0 Å². The van der Waals surface area contributed by atoms with Crippen molar-refractivity contribution < 1.29 is 9.59 Å². The van der Waals surface area contributed by atoms with E-state index in [2.05, 4.69) is 20.6 Å². The number of hydrogen-bond acceptors (Lipinski definition) is 5. The van der Waals surface area contributed by atoms with Crippen LogP contribution in [0.4, 0.5) is 16.3 Å². The maximum Gasteiger partial charge on any atom is 0.319 e. The lowest BCUT2D eigenvalue weighted by Crippen LogP contribution is -2.28. The van der Waals surface area contributed by atoms with Crippen molar-refractivity contribution in [2.75, 3.05) is 11.1 Å². The van der Waals surface area contributed by atoms with Crippen LogP contribution < -0.4 is 16.4 Å². The molecule has 0 saturated heterocycles. The normalized spacial score (nSPS) is 11.0. The van der Waals surface area contributed by atoms with Crippen LogP contribution in [0.5, 0.6) is 0 Å². The van der Waals surface area contributed by atoms with Gasteiger partial charge in [-0.15, -0.1) is 0 Å². The van der Waals surface area contributed by atoms with Crippen molar-refractivity contribution in [3.63, 3.8) is 0 Å². The van der Waals surface area contributed by atoms with Crippen LogP contribution in [0.3, 0.4) is 0 Å². The molecular weight excluding hydrogens is 440 g/mol. The monoisotopic (exact) mass is 462 g/mol. The maximum atomic E-state index is 13.5. The van der Waals surface area contributed by atoms with Gasteiger partial charge in [0.25, 0.3) is 0 Å². The molecule has 2 heterocycles. The van der Waals surface area contributed by atoms with Gasteiger partial charge >= 0.3 is 6.03 Å². The Morgan fingerprint density at radius 2 is 1.82 bits per heavy atom. The molecule has 168 valence electrons. The van der Waals surface area contributed by atoms with E-state index in [1.165, 1.54) is 6.33 Å². The second-order valence-corrected chi connectivity index (χ2v) is 8.17. The molecule has 8 nitrogen and oxygen atoms in total. The quantitative estimate of drug-likeness (QED) is 0.356. The minimum Gasteiger partial charge on any atom is -0.383 e. The van der Waals surface area contributed by atoms with Crippen molar-refractivity contribution >= 4 is 46.0 Å². The number of nitrogens with one attached hydrogen (secondary N) is 2. The minimum atomic E-state index is -0.431. The van der Waals surface area contributed by atoms with Crippen molar-refractivity contribution in [3.8, 4) is 0 Å². The number of anilines is 2. The topological polar surface area (TPSA) is 115 Å². The number of fused-ring (bicyclic) bond motifs is 1. The molecule has 0 aliphatic heterocycles. The van der Waals surface area contributed by atoms with Gasteiger partial charge in [0.15, 0.2) is 5.78 Å². The molecule has 4 aromatic rings. The van der Waals surface area contributed by atoms with E-state index < -0.39 is 6.03 Å². The number of amides is 2. The fraction of sp³-hybridized carbons (Fsp3) is 0.167. The van der Waals surface area contributed by atoms with Gasteiger partial charge in [0, 0.05) is 24.3 Å². The molecule has 2 aromatic heterocycles. The summed E-state index contributed by atoms with van der Waals surface area (Å²) in [4.78, 5) is 34.2. The van der Waals surface area contributed by atoms with Crippen LogP contribution in [0.25, 0.3) is 11.0 Å². The average molecular weight is 463 g/mol. The van der Waals surface area contributed by atoms with Gasteiger partial charge < -0.3 is 20.9 Å². The third kappa shape index (κ3) is 4.51. The van der Waals surface area contributed by atoms with E-state index in [4.69, 9.17) is 17.3 Å². The molecule has 4 rings (SSSR count). The van der Waals surface area contributed by atoms with Crippen molar-refractivity contribution in [2.45, 2.75) is 26.4 Å². The van der Waals surface area contributed by atoms with E-state index in [9.17, 15) is 9.59 Å². The smallest absolute Gasteiger partial charge is 0.319 e.